The Balaban J connectivity index is 1.75. The standard InChI is InChI=1S/C12H17BrN4O/c1-15-8-10(13)11(14-15)12(18)17-6-5-16-4-2-3-9(16)7-17/h8-9H,2-7H2,1H3. The SMILES string of the molecule is Cn1cc(Br)c(C(=O)N2CCN3CCCC3C2)n1. The van der Waals surface area contributed by atoms with Crippen molar-refractivity contribution in [3.63, 3.8) is 0 Å². The van der Waals surface area contributed by atoms with Crippen molar-refractivity contribution in [2.75, 3.05) is 26.2 Å². The van der Waals surface area contributed by atoms with E-state index >= 15 is 0 Å². The Morgan fingerprint density at radius 2 is 2.28 bits per heavy atom. The smallest absolute Gasteiger partial charge is 0.275 e. The molecule has 0 aliphatic carbocycles. The van der Waals surface area contributed by atoms with Crippen molar-refractivity contribution in [2.45, 2.75) is 18.9 Å². The first-order valence-corrected chi connectivity index (χ1v) is 7.17. The van der Waals surface area contributed by atoms with Gasteiger partial charge in [-0.15, -0.1) is 0 Å². The number of halogens is 1. The lowest BCUT2D eigenvalue weighted by Crippen LogP contribution is -2.52. The molecule has 2 aliphatic rings. The average molecular weight is 313 g/mol. The second-order valence-electron chi connectivity index (χ2n) is 5.08. The van der Waals surface area contributed by atoms with Gasteiger partial charge in [-0.3, -0.25) is 14.4 Å². The monoisotopic (exact) mass is 312 g/mol. The van der Waals surface area contributed by atoms with E-state index in [0.29, 0.717) is 11.7 Å². The number of fused-ring (bicyclic) bond motifs is 1. The quantitative estimate of drug-likeness (QED) is 0.780. The van der Waals surface area contributed by atoms with Crippen molar-refractivity contribution in [1.82, 2.24) is 19.6 Å². The van der Waals surface area contributed by atoms with Gasteiger partial charge in [0.05, 0.1) is 4.47 Å². The van der Waals surface area contributed by atoms with Gasteiger partial charge in [0.25, 0.3) is 5.91 Å². The van der Waals surface area contributed by atoms with Crippen LogP contribution in [0.5, 0.6) is 0 Å². The number of carbonyl (C=O) groups excluding carboxylic acids is 1. The van der Waals surface area contributed by atoms with Gasteiger partial charge in [0, 0.05) is 38.9 Å². The van der Waals surface area contributed by atoms with Crippen LogP contribution in [0.25, 0.3) is 0 Å². The van der Waals surface area contributed by atoms with Gasteiger partial charge in [0.1, 0.15) is 0 Å². The van der Waals surface area contributed by atoms with Crippen LogP contribution in [0.1, 0.15) is 23.3 Å². The Hall–Kier alpha value is -0.880. The summed E-state index contributed by atoms with van der Waals surface area (Å²) in [5.41, 5.74) is 0.531. The molecule has 1 aromatic rings. The number of piperazine rings is 1. The van der Waals surface area contributed by atoms with Crippen molar-refractivity contribution in [1.29, 1.82) is 0 Å². The molecule has 0 spiro atoms. The third-order valence-electron chi connectivity index (χ3n) is 3.86. The van der Waals surface area contributed by atoms with Crippen molar-refractivity contribution < 1.29 is 4.79 Å². The van der Waals surface area contributed by atoms with Gasteiger partial charge in [0.2, 0.25) is 0 Å². The second kappa shape index (κ2) is 4.66. The van der Waals surface area contributed by atoms with Gasteiger partial charge in [-0.25, -0.2) is 0 Å². The minimum Gasteiger partial charge on any atom is -0.334 e. The van der Waals surface area contributed by atoms with Crippen LogP contribution in [0.2, 0.25) is 0 Å². The maximum Gasteiger partial charge on any atom is 0.275 e. The molecule has 0 N–H and O–H groups in total. The van der Waals surface area contributed by atoms with Crippen LogP contribution < -0.4 is 0 Å². The van der Waals surface area contributed by atoms with Gasteiger partial charge in [-0.1, -0.05) is 0 Å². The molecule has 2 fully saturated rings. The fourth-order valence-corrected chi connectivity index (χ4v) is 3.48. The van der Waals surface area contributed by atoms with Crippen LogP contribution in [0.15, 0.2) is 10.7 Å². The number of aryl methyl sites for hydroxylation is 1. The normalized spacial score (nSPS) is 24.3. The third kappa shape index (κ3) is 2.07. The topological polar surface area (TPSA) is 41.4 Å². The molecule has 18 heavy (non-hydrogen) atoms. The van der Waals surface area contributed by atoms with E-state index in [1.807, 2.05) is 18.1 Å². The number of nitrogens with zero attached hydrogens (tertiary/aromatic N) is 4. The highest BCUT2D eigenvalue weighted by Gasteiger charge is 2.33. The van der Waals surface area contributed by atoms with Gasteiger partial charge in [-0.05, 0) is 35.3 Å². The van der Waals surface area contributed by atoms with Crippen LogP contribution in [-0.2, 0) is 7.05 Å². The average Bonchev–Trinajstić information content (AvgIpc) is 2.93. The Kier molecular flexibility index (Phi) is 3.15. The number of amides is 1. The molecule has 0 aromatic carbocycles. The summed E-state index contributed by atoms with van der Waals surface area (Å²) in [6, 6.07) is 0.560. The lowest BCUT2D eigenvalue weighted by molar-refractivity contribution is 0.0564. The van der Waals surface area contributed by atoms with E-state index < -0.39 is 0 Å². The molecule has 1 aromatic heterocycles. The Morgan fingerprint density at radius 1 is 1.44 bits per heavy atom. The molecule has 2 aliphatic heterocycles. The molecule has 6 heteroatoms. The first kappa shape index (κ1) is 12.2. The molecule has 2 saturated heterocycles. The van der Waals surface area contributed by atoms with E-state index in [1.54, 1.807) is 4.68 Å². The zero-order valence-electron chi connectivity index (χ0n) is 10.5. The molecular formula is C12H17BrN4O. The maximum absolute atomic E-state index is 12.4. The van der Waals surface area contributed by atoms with Crippen molar-refractivity contribution in [3.05, 3.63) is 16.4 Å². The molecule has 1 amide bonds. The number of rotatable bonds is 1. The number of hydrogen-bond acceptors (Lipinski definition) is 3. The van der Waals surface area contributed by atoms with E-state index in [0.717, 1.165) is 24.1 Å². The van der Waals surface area contributed by atoms with Crippen LogP contribution in [0, 0.1) is 0 Å². The number of aromatic nitrogens is 2. The highest BCUT2D eigenvalue weighted by molar-refractivity contribution is 9.10. The highest BCUT2D eigenvalue weighted by atomic mass is 79.9. The number of carbonyl (C=O) groups is 1. The van der Waals surface area contributed by atoms with Crippen LogP contribution in [0.4, 0.5) is 0 Å². The summed E-state index contributed by atoms with van der Waals surface area (Å²) in [6.45, 7) is 3.86. The molecule has 1 atom stereocenters. The van der Waals surface area contributed by atoms with Crippen LogP contribution in [-0.4, -0.2) is 57.7 Å². The van der Waals surface area contributed by atoms with E-state index in [4.69, 9.17) is 0 Å². The summed E-state index contributed by atoms with van der Waals surface area (Å²) in [5.74, 6) is 0.0500. The summed E-state index contributed by atoms with van der Waals surface area (Å²) in [7, 11) is 1.83. The highest BCUT2D eigenvalue weighted by Crippen LogP contribution is 2.23. The van der Waals surface area contributed by atoms with E-state index in [1.165, 1.54) is 19.4 Å². The molecule has 0 radical (unpaired) electrons. The minimum absolute atomic E-state index is 0.0500. The molecule has 3 heterocycles. The molecule has 0 bridgehead atoms. The molecule has 5 nitrogen and oxygen atoms in total. The van der Waals surface area contributed by atoms with Crippen molar-refractivity contribution in [3.8, 4) is 0 Å². The molecular weight excluding hydrogens is 296 g/mol. The zero-order chi connectivity index (χ0) is 12.7. The Morgan fingerprint density at radius 3 is 3.00 bits per heavy atom. The fourth-order valence-electron chi connectivity index (χ4n) is 2.93. The minimum atomic E-state index is 0.0500. The van der Waals surface area contributed by atoms with Gasteiger partial charge >= 0.3 is 0 Å². The van der Waals surface area contributed by atoms with Gasteiger partial charge < -0.3 is 4.90 Å². The summed E-state index contributed by atoms with van der Waals surface area (Å²) >= 11 is 3.40. The van der Waals surface area contributed by atoms with Crippen LogP contribution in [0.3, 0.4) is 0 Å². The Bertz CT molecular complexity index is 473. The van der Waals surface area contributed by atoms with Crippen molar-refractivity contribution in [2.24, 2.45) is 7.05 Å². The zero-order valence-corrected chi connectivity index (χ0v) is 12.1. The summed E-state index contributed by atoms with van der Waals surface area (Å²) < 4.78 is 2.45. The molecule has 0 saturated carbocycles. The summed E-state index contributed by atoms with van der Waals surface area (Å²) in [4.78, 5) is 16.9. The first-order valence-electron chi connectivity index (χ1n) is 6.37. The summed E-state index contributed by atoms with van der Waals surface area (Å²) in [5, 5.41) is 4.24. The molecule has 98 valence electrons. The van der Waals surface area contributed by atoms with Crippen molar-refractivity contribution >= 4 is 21.8 Å². The predicted octanol–water partition coefficient (Wildman–Crippen LogP) is 1.10. The van der Waals surface area contributed by atoms with E-state index in [2.05, 4.69) is 25.9 Å². The lowest BCUT2D eigenvalue weighted by atomic mass is 10.1. The molecule has 1 unspecified atom stereocenters. The van der Waals surface area contributed by atoms with Crippen LogP contribution >= 0.6 is 15.9 Å². The van der Waals surface area contributed by atoms with E-state index in [-0.39, 0.29) is 5.91 Å². The second-order valence-corrected chi connectivity index (χ2v) is 5.94. The van der Waals surface area contributed by atoms with E-state index in [9.17, 15) is 4.79 Å². The Labute approximate surface area is 115 Å². The first-order chi connectivity index (χ1) is 8.65. The summed E-state index contributed by atoms with van der Waals surface area (Å²) in [6.07, 6.45) is 4.30. The van der Waals surface area contributed by atoms with Gasteiger partial charge in [0.15, 0.2) is 5.69 Å². The molecule has 3 rings (SSSR count). The largest absolute Gasteiger partial charge is 0.334 e. The number of hydrogen-bond donors (Lipinski definition) is 0. The van der Waals surface area contributed by atoms with Gasteiger partial charge in [-0.2, -0.15) is 5.10 Å². The lowest BCUT2D eigenvalue weighted by Gasteiger charge is -2.37. The third-order valence-corrected chi connectivity index (χ3v) is 4.44. The fraction of sp³-hybridized carbons (Fsp3) is 0.667. The predicted molar refractivity (Wildman–Crippen MR) is 71.4 cm³/mol. The maximum atomic E-state index is 12.4.